The number of primary sulfonamides is 1. The molecule has 1 fully saturated rings. The Morgan fingerprint density at radius 3 is 2.37 bits per heavy atom. The SMILES string of the molecule is NS(=O)(=O)c1ccc(CNC(=O)[C@H]2CC(=O)N(c3ccc(Cl)cc3)C2)cc1. The van der Waals surface area contributed by atoms with Crippen molar-refractivity contribution in [2.45, 2.75) is 17.9 Å². The molecule has 0 spiro atoms. The second-order valence-corrected chi connectivity index (χ2v) is 8.29. The molecule has 0 radical (unpaired) electrons. The van der Waals surface area contributed by atoms with Crippen molar-refractivity contribution in [3.63, 3.8) is 0 Å². The topological polar surface area (TPSA) is 110 Å². The number of hydrogen-bond acceptors (Lipinski definition) is 4. The summed E-state index contributed by atoms with van der Waals surface area (Å²) in [6, 6.07) is 12.8. The van der Waals surface area contributed by atoms with E-state index in [0.717, 1.165) is 5.56 Å². The first-order valence-electron chi connectivity index (χ1n) is 8.19. The molecule has 142 valence electrons. The summed E-state index contributed by atoms with van der Waals surface area (Å²) in [5.74, 6) is -0.790. The summed E-state index contributed by atoms with van der Waals surface area (Å²) in [6.07, 6.45) is 0.138. The van der Waals surface area contributed by atoms with Gasteiger partial charge in [-0.2, -0.15) is 0 Å². The molecule has 0 unspecified atom stereocenters. The summed E-state index contributed by atoms with van der Waals surface area (Å²) in [4.78, 5) is 26.2. The molecule has 2 aromatic rings. The van der Waals surface area contributed by atoms with Crippen LogP contribution in [0.25, 0.3) is 0 Å². The Morgan fingerprint density at radius 1 is 1.15 bits per heavy atom. The van der Waals surface area contributed by atoms with Gasteiger partial charge in [0.15, 0.2) is 0 Å². The Bertz CT molecular complexity index is 959. The number of anilines is 1. The van der Waals surface area contributed by atoms with Crippen molar-refractivity contribution in [1.82, 2.24) is 5.32 Å². The molecule has 27 heavy (non-hydrogen) atoms. The predicted octanol–water partition coefficient (Wildman–Crippen LogP) is 1.66. The maximum atomic E-state index is 12.4. The molecule has 1 aliphatic rings. The van der Waals surface area contributed by atoms with E-state index in [2.05, 4.69) is 5.32 Å². The zero-order valence-electron chi connectivity index (χ0n) is 14.3. The monoisotopic (exact) mass is 407 g/mol. The summed E-state index contributed by atoms with van der Waals surface area (Å²) < 4.78 is 22.5. The fraction of sp³-hybridized carbons (Fsp3) is 0.222. The van der Waals surface area contributed by atoms with Crippen LogP contribution < -0.4 is 15.4 Å². The highest BCUT2D eigenvalue weighted by Gasteiger charge is 2.34. The van der Waals surface area contributed by atoms with E-state index in [4.69, 9.17) is 16.7 Å². The predicted molar refractivity (Wildman–Crippen MR) is 102 cm³/mol. The number of nitrogens with two attached hydrogens (primary N) is 1. The fourth-order valence-electron chi connectivity index (χ4n) is 2.88. The second-order valence-electron chi connectivity index (χ2n) is 6.29. The van der Waals surface area contributed by atoms with Crippen molar-refractivity contribution >= 4 is 39.1 Å². The van der Waals surface area contributed by atoms with Gasteiger partial charge in [-0.05, 0) is 42.0 Å². The van der Waals surface area contributed by atoms with Crippen LogP contribution >= 0.6 is 11.6 Å². The Hall–Kier alpha value is -2.42. The molecule has 2 aromatic carbocycles. The van der Waals surface area contributed by atoms with E-state index >= 15 is 0 Å². The van der Waals surface area contributed by atoms with Gasteiger partial charge in [0.05, 0.1) is 10.8 Å². The third-order valence-corrected chi connectivity index (χ3v) is 5.53. The van der Waals surface area contributed by atoms with Crippen LogP contribution in [0, 0.1) is 5.92 Å². The lowest BCUT2D eigenvalue weighted by Gasteiger charge is -2.16. The van der Waals surface area contributed by atoms with Crippen molar-refractivity contribution < 1.29 is 18.0 Å². The first kappa shape index (κ1) is 19.3. The molecular weight excluding hydrogens is 390 g/mol. The molecule has 0 aliphatic carbocycles. The van der Waals surface area contributed by atoms with E-state index < -0.39 is 15.9 Å². The van der Waals surface area contributed by atoms with Crippen molar-refractivity contribution in [2.75, 3.05) is 11.4 Å². The number of carbonyl (C=O) groups is 2. The molecule has 0 aromatic heterocycles. The maximum absolute atomic E-state index is 12.4. The number of nitrogens with zero attached hydrogens (tertiary/aromatic N) is 1. The second kappa shape index (κ2) is 7.67. The van der Waals surface area contributed by atoms with Crippen molar-refractivity contribution in [1.29, 1.82) is 0 Å². The van der Waals surface area contributed by atoms with Crippen molar-refractivity contribution in [3.05, 3.63) is 59.1 Å². The third kappa shape index (κ3) is 4.65. The van der Waals surface area contributed by atoms with Crippen LogP contribution in [0.15, 0.2) is 53.4 Å². The van der Waals surface area contributed by atoms with Gasteiger partial charge in [-0.25, -0.2) is 13.6 Å². The summed E-state index contributed by atoms with van der Waals surface area (Å²) in [5.41, 5.74) is 1.44. The van der Waals surface area contributed by atoms with E-state index in [1.165, 1.54) is 12.1 Å². The van der Waals surface area contributed by atoms with Crippen LogP contribution in [0.1, 0.15) is 12.0 Å². The van der Waals surface area contributed by atoms with Gasteiger partial charge in [0, 0.05) is 30.2 Å². The van der Waals surface area contributed by atoms with Gasteiger partial charge in [0.1, 0.15) is 0 Å². The highest BCUT2D eigenvalue weighted by Crippen LogP contribution is 2.26. The number of carbonyl (C=O) groups excluding carboxylic acids is 2. The van der Waals surface area contributed by atoms with Crippen LogP contribution in [0.5, 0.6) is 0 Å². The number of hydrogen-bond donors (Lipinski definition) is 2. The number of benzene rings is 2. The first-order chi connectivity index (χ1) is 12.7. The van der Waals surface area contributed by atoms with Crippen molar-refractivity contribution in [2.24, 2.45) is 11.1 Å². The molecule has 3 rings (SSSR count). The fourth-order valence-corrected chi connectivity index (χ4v) is 3.53. The minimum Gasteiger partial charge on any atom is -0.352 e. The molecule has 1 atom stereocenters. The van der Waals surface area contributed by atoms with E-state index in [-0.39, 0.29) is 29.7 Å². The highest BCUT2D eigenvalue weighted by molar-refractivity contribution is 7.89. The van der Waals surface area contributed by atoms with Crippen LogP contribution in [-0.4, -0.2) is 26.8 Å². The number of halogens is 1. The van der Waals surface area contributed by atoms with Gasteiger partial charge >= 0.3 is 0 Å². The summed E-state index contributed by atoms with van der Waals surface area (Å²) in [5, 5.41) is 8.41. The average molecular weight is 408 g/mol. The molecule has 3 N–H and O–H groups in total. The molecule has 0 saturated carbocycles. The van der Waals surface area contributed by atoms with Gasteiger partial charge in [-0.3, -0.25) is 9.59 Å². The van der Waals surface area contributed by atoms with Gasteiger partial charge < -0.3 is 10.2 Å². The van der Waals surface area contributed by atoms with E-state index in [0.29, 0.717) is 17.3 Å². The molecular formula is C18H18ClN3O4S. The summed E-state index contributed by atoms with van der Waals surface area (Å²) in [7, 11) is -3.74. The third-order valence-electron chi connectivity index (χ3n) is 4.35. The van der Waals surface area contributed by atoms with Crippen LogP contribution in [0.3, 0.4) is 0 Å². The molecule has 9 heteroatoms. The zero-order chi connectivity index (χ0) is 19.6. The number of sulfonamides is 1. The van der Waals surface area contributed by atoms with Crippen LogP contribution in [-0.2, 0) is 26.2 Å². The minimum absolute atomic E-state index is 0.0116. The Balaban J connectivity index is 1.59. The molecule has 1 aliphatic heterocycles. The van der Waals surface area contributed by atoms with E-state index in [1.54, 1.807) is 41.3 Å². The zero-order valence-corrected chi connectivity index (χ0v) is 15.8. The molecule has 0 bridgehead atoms. The number of rotatable bonds is 5. The Morgan fingerprint density at radius 2 is 1.78 bits per heavy atom. The summed E-state index contributed by atoms with van der Waals surface area (Å²) in [6.45, 7) is 0.534. The maximum Gasteiger partial charge on any atom is 0.238 e. The first-order valence-corrected chi connectivity index (χ1v) is 10.1. The molecule has 1 saturated heterocycles. The van der Waals surface area contributed by atoms with Gasteiger partial charge in [0.2, 0.25) is 21.8 Å². The lowest BCUT2D eigenvalue weighted by atomic mass is 10.1. The molecule has 7 nitrogen and oxygen atoms in total. The van der Waals surface area contributed by atoms with Crippen molar-refractivity contribution in [3.8, 4) is 0 Å². The van der Waals surface area contributed by atoms with Gasteiger partial charge in [0.25, 0.3) is 0 Å². The van der Waals surface area contributed by atoms with Gasteiger partial charge in [-0.15, -0.1) is 0 Å². The van der Waals surface area contributed by atoms with E-state index in [1.807, 2.05) is 0 Å². The number of nitrogens with one attached hydrogen (secondary N) is 1. The van der Waals surface area contributed by atoms with Gasteiger partial charge in [-0.1, -0.05) is 23.7 Å². The molecule has 2 amide bonds. The lowest BCUT2D eigenvalue weighted by Crippen LogP contribution is -2.32. The molecule has 1 heterocycles. The number of amides is 2. The largest absolute Gasteiger partial charge is 0.352 e. The Labute approximate surface area is 162 Å². The summed E-state index contributed by atoms with van der Waals surface area (Å²) >= 11 is 5.86. The standard InChI is InChI=1S/C18H18ClN3O4S/c19-14-3-5-15(6-4-14)22-11-13(9-17(22)23)18(24)21-10-12-1-7-16(8-2-12)27(20,25)26/h1-8,13H,9-11H2,(H,21,24)(H2,20,25,26)/t13-/m0/s1. The van der Waals surface area contributed by atoms with Crippen LogP contribution in [0.2, 0.25) is 5.02 Å². The smallest absolute Gasteiger partial charge is 0.238 e. The lowest BCUT2D eigenvalue weighted by molar-refractivity contribution is -0.126. The highest BCUT2D eigenvalue weighted by atomic mass is 35.5. The minimum atomic E-state index is -3.74. The normalized spacial score (nSPS) is 17.2. The average Bonchev–Trinajstić information content (AvgIpc) is 3.02. The van der Waals surface area contributed by atoms with Crippen LogP contribution in [0.4, 0.5) is 5.69 Å². The Kier molecular flexibility index (Phi) is 5.50. The quantitative estimate of drug-likeness (QED) is 0.785. The van der Waals surface area contributed by atoms with E-state index in [9.17, 15) is 18.0 Å².